The third-order valence-corrected chi connectivity index (χ3v) is 7.28. The third-order valence-electron chi connectivity index (χ3n) is 5.94. The molecule has 4 rings (SSSR count). The first-order valence-corrected chi connectivity index (χ1v) is 11.8. The molecular formula is C22H25F2N3O3S. The number of amides is 2. The topological polar surface area (TPSA) is 105 Å². The van der Waals surface area contributed by atoms with E-state index >= 15 is 0 Å². The van der Waals surface area contributed by atoms with Gasteiger partial charge in [0.05, 0.1) is 10.5 Å². The minimum atomic E-state index is -3.78. The minimum Gasteiger partial charge on any atom is -0.386 e. The third kappa shape index (κ3) is 4.09. The van der Waals surface area contributed by atoms with Crippen LogP contribution < -0.4 is 10.5 Å². The monoisotopic (exact) mass is 449 g/mol. The fourth-order valence-electron chi connectivity index (χ4n) is 4.43. The van der Waals surface area contributed by atoms with E-state index in [-0.39, 0.29) is 16.3 Å². The molecule has 1 atom stereocenters. The van der Waals surface area contributed by atoms with E-state index in [0.717, 1.165) is 36.1 Å². The molecule has 0 bridgehead atoms. The number of nitrogens with zero attached hydrogens (tertiary/aromatic N) is 1. The van der Waals surface area contributed by atoms with Gasteiger partial charge in [-0.05, 0) is 98.4 Å². The van der Waals surface area contributed by atoms with Gasteiger partial charge in [-0.25, -0.2) is 22.9 Å². The molecule has 9 heteroatoms. The summed E-state index contributed by atoms with van der Waals surface area (Å²) >= 11 is 0. The lowest BCUT2D eigenvalue weighted by atomic mass is 9.98. The Morgan fingerprint density at radius 3 is 2.16 bits per heavy atom. The first-order valence-electron chi connectivity index (χ1n) is 10.2. The molecule has 0 saturated heterocycles. The number of halogens is 2. The molecule has 2 aliphatic rings. The number of hydrogen-bond acceptors (Lipinski definition) is 3. The summed E-state index contributed by atoms with van der Waals surface area (Å²) in [6.07, 6.45) is 4.12. The van der Waals surface area contributed by atoms with E-state index in [4.69, 9.17) is 5.14 Å². The molecule has 0 radical (unpaired) electrons. The van der Waals surface area contributed by atoms with Gasteiger partial charge in [-0.15, -0.1) is 4.36 Å². The Morgan fingerprint density at radius 1 is 1.06 bits per heavy atom. The van der Waals surface area contributed by atoms with Crippen molar-refractivity contribution in [2.24, 2.45) is 9.50 Å². The van der Waals surface area contributed by atoms with Crippen molar-refractivity contribution in [3.8, 4) is 0 Å². The van der Waals surface area contributed by atoms with Crippen molar-refractivity contribution in [3.05, 3.63) is 57.7 Å². The largest absolute Gasteiger partial charge is 0.386 e. The number of urea groups is 1. The molecule has 0 fully saturated rings. The fraction of sp³-hybridized carbons (Fsp3) is 0.409. The Kier molecular flexibility index (Phi) is 5.39. The summed E-state index contributed by atoms with van der Waals surface area (Å²) in [6.45, 7) is 2.90. The maximum absolute atomic E-state index is 14.8. The van der Waals surface area contributed by atoms with Crippen LogP contribution in [-0.2, 0) is 41.2 Å². The molecule has 4 N–H and O–H groups in total. The van der Waals surface area contributed by atoms with Gasteiger partial charge in [-0.3, -0.25) is 0 Å². The summed E-state index contributed by atoms with van der Waals surface area (Å²) in [6, 6.07) is 2.37. The number of rotatable bonds is 3. The van der Waals surface area contributed by atoms with Crippen molar-refractivity contribution in [1.82, 2.24) is 0 Å². The average molecular weight is 450 g/mol. The van der Waals surface area contributed by atoms with Gasteiger partial charge in [0.25, 0.3) is 0 Å². The molecule has 0 heterocycles. The van der Waals surface area contributed by atoms with E-state index in [9.17, 15) is 22.9 Å². The van der Waals surface area contributed by atoms with Gasteiger partial charge in [-0.2, -0.15) is 0 Å². The number of anilines is 1. The Bertz CT molecular complexity index is 1180. The second kappa shape index (κ2) is 7.65. The van der Waals surface area contributed by atoms with Crippen LogP contribution in [0.5, 0.6) is 0 Å². The van der Waals surface area contributed by atoms with Crippen LogP contribution in [-0.4, -0.2) is 15.3 Å². The smallest absolute Gasteiger partial charge is 0.354 e. The summed E-state index contributed by atoms with van der Waals surface area (Å²) in [5.74, 6) is -0.922. The lowest BCUT2D eigenvalue weighted by molar-refractivity contribution is 0.0780. The van der Waals surface area contributed by atoms with Crippen LogP contribution in [0.2, 0.25) is 0 Å². The van der Waals surface area contributed by atoms with Crippen LogP contribution >= 0.6 is 0 Å². The number of nitrogens with two attached hydrogens (primary N) is 1. The highest BCUT2D eigenvalue weighted by Gasteiger charge is 2.30. The Morgan fingerprint density at radius 2 is 1.61 bits per heavy atom. The summed E-state index contributed by atoms with van der Waals surface area (Å²) in [5.41, 5.74) is 2.09. The van der Waals surface area contributed by atoms with Gasteiger partial charge < -0.3 is 10.4 Å². The van der Waals surface area contributed by atoms with Gasteiger partial charge in [0.15, 0.2) is 0 Å². The van der Waals surface area contributed by atoms with E-state index < -0.39 is 27.4 Å². The van der Waals surface area contributed by atoms with Crippen LogP contribution in [0.1, 0.15) is 54.5 Å². The second-order valence-corrected chi connectivity index (χ2v) is 10.4. The van der Waals surface area contributed by atoms with Crippen molar-refractivity contribution in [2.75, 3.05) is 5.32 Å². The van der Waals surface area contributed by atoms with Crippen molar-refractivity contribution in [1.29, 1.82) is 0 Å². The number of carbonyl (C=O) groups is 1. The highest BCUT2D eigenvalue weighted by Crippen LogP contribution is 2.41. The molecule has 166 valence electrons. The van der Waals surface area contributed by atoms with Crippen LogP contribution in [0.15, 0.2) is 27.5 Å². The second-order valence-electron chi connectivity index (χ2n) is 8.64. The predicted molar refractivity (Wildman–Crippen MR) is 114 cm³/mol. The standard InChI is InChI=1S/C22H25F2N3O3S/c1-22(2,29)12-9-13(23)11-14(10-12)31(25,30)27-21(28)26-20-17-7-3-5-15(17)19(24)16-6-4-8-18(16)20/h9-11,29H,3-8H2,1-2H3,(H3,25,26,27,28,30)/t31-/m1/s1. The maximum Gasteiger partial charge on any atom is 0.354 e. The van der Waals surface area contributed by atoms with Crippen LogP contribution in [0.25, 0.3) is 0 Å². The van der Waals surface area contributed by atoms with Crippen molar-refractivity contribution < 1.29 is 22.9 Å². The molecule has 0 aliphatic heterocycles. The molecule has 2 amide bonds. The van der Waals surface area contributed by atoms with Gasteiger partial charge in [0.1, 0.15) is 21.5 Å². The van der Waals surface area contributed by atoms with E-state index in [2.05, 4.69) is 9.68 Å². The van der Waals surface area contributed by atoms with Crippen molar-refractivity contribution in [3.63, 3.8) is 0 Å². The van der Waals surface area contributed by atoms with Crippen LogP contribution in [0.4, 0.5) is 19.3 Å². The number of fused-ring (bicyclic) bond motifs is 2. The molecule has 0 spiro atoms. The van der Waals surface area contributed by atoms with Gasteiger partial charge in [0.2, 0.25) is 0 Å². The van der Waals surface area contributed by atoms with E-state index in [0.29, 0.717) is 42.5 Å². The Hall–Kier alpha value is -2.36. The van der Waals surface area contributed by atoms with Gasteiger partial charge in [0, 0.05) is 5.69 Å². The lowest BCUT2D eigenvalue weighted by Gasteiger charge is -2.19. The minimum absolute atomic E-state index is 0.158. The van der Waals surface area contributed by atoms with Gasteiger partial charge in [-0.1, -0.05) is 0 Å². The van der Waals surface area contributed by atoms with Crippen molar-refractivity contribution in [2.45, 2.75) is 62.9 Å². The number of benzene rings is 2. The van der Waals surface area contributed by atoms with E-state index in [1.807, 2.05) is 0 Å². The zero-order chi connectivity index (χ0) is 22.6. The molecule has 6 nitrogen and oxygen atoms in total. The zero-order valence-electron chi connectivity index (χ0n) is 17.4. The number of aliphatic hydroxyl groups is 1. The lowest BCUT2D eigenvalue weighted by Crippen LogP contribution is -2.21. The number of hydrogen-bond donors (Lipinski definition) is 3. The summed E-state index contributed by atoms with van der Waals surface area (Å²) < 4.78 is 45.4. The molecule has 0 saturated carbocycles. The quantitative estimate of drug-likeness (QED) is 0.657. The highest BCUT2D eigenvalue weighted by molar-refractivity contribution is 7.91. The maximum atomic E-state index is 14.8. The molecule has 0 aromatic heterocycles. The summed E-state index contributed by atoms with van der Waals surface area (Å²) in [4.78, 5) is 12.5. The number of carbonyl (C=O) groups excluding carboxylic acids is 1. The number of nitrogens with one attached hydrogen (secondary N) is 1. The predicted octanol–water partition coefficient (Wildman–Crippen LogP) is 4.10. The molecule has 2 aliphatic carbocycles. The molecule has 2 aromatic rings. The first kappa shape index (κ1) is 21.9. The fourth-order valence-corrected chi connectivity index (χ4v) is 5.40. The van der Waals surface area contributed by atoms with Crippen LogP contribution in [0.3, 0.4) is 0 Å². The Labute approximate surface area is 180 Å². The first-order chi connectivity index (χ1) is 14.5. The molecule has 31 heavy (non-hydrogen) atoms. The average Bonchev–Trinajstić information content (AvgIpc) is 3.33. The molecular weight excluding hydrogens is 424 g/mol. The van der Waals surface area contributed by atoms with Crippen molar-refractivity contribution >= 4 is 21.6 Å². The van der Waals surface area contributed by atoms with E-state index in [1.54, 1.807) is 0 Å². The van der Waals surface area contributed by atoms with E-state index in [1.165, 1.54) is 19.9 Å². The normalized spacial score (nSPS) is 17.1. The van der Waals surface area contributed by atoms with Gasteiger partial charge >= 0.3 is 6.03 Å². The molecule has 2 aromatic carbocycles. The zero-order valence-corrected chi connectivity index (χ0v) is 18.2. The Balaban J connectivity index is 1.72. The summed E-state index contributed by atoms with van der Waals surface area (Å²) in [7, 11) is -3.78. The summed E-state index contributed by atoms with van der Waals surface area (Å²) in [5, 5.41) is 18.6. The molecule has 0 unspecified atom stereocenters. The SMILES string of the molecule is CC(C)(O)c1cc(F)cc([S@](N)(=O)=NC(=O)Nc2c3c(c(F)c4c2CCC4)CCC3)c1. The highest BCUT2D eigenvalue weighted by atomic mass is 32.2. The van der Waals surface area contributed by atoms with Crippen LogP contribution in [0, 0.1) is 11.6 Å².